The van der Waals surface area contributed by atoms with E-state index in [2.05, 4.69) is 4.98 Å². The summed E-state index contributed by atoms with van der Waals surface area (Å²) in [5.74, 6) is -0.253. The van der Waals surface area contributed by atoms with E-state index in [-0.39, 0.29) is 5.97 Å². The molecule has 1 aromatic heterocycles. The van der Waals surface area contributed by atoms with Crippen molar-refractivity contribution in [1.82, 2.24) is 4.98 Å². The molecule has 0 atom stereocenters. The number of esters is 1. The number of carbonyl (C=O) groups excluding carboxylic acids is 1. The first kappa shape index (κ1) is 9.15. The molecule has 2 heterocycles. The van der Waals surface area contributed by atoms with Crippen LogP contribution in [0, 0.1) is 0 Å². The number of nitrogens with zero attached hydrogens (tertiary/aromatic N) is 1. The summed E-state index contributed by atoms with van der Waals surface area (Å²) in [5, 5.41) is 0. The van der Waals surface area contributed by atoms with Gasteiger partial charge in [0, 0.05) is 12.4 Å². The van der Waals surface area contributed by atoms with Gasteiger partial charge < -0.3 is 9.47 Å². The average molecular weight is 193 g/mol. The van der Waals surface area contributed by atoms with Crippen molar-refractivity contribution in [3.05, 3.63) is 30.1 Å². The zero-order valence-corrected chi connectivity index (χ0v) is 7.90. The van der Waals surface area contributed by atoms with Crippen molar-refractivity contribution in [3.63, 3.8) is 0 Å². The van der Waals surface area contributed by atoms with Crippen molar-refractivity contribution in [3.8, 4) is 0 Å². The van der Waals surface area contributed by atoms with Crippen LogP contribution in [0.15, 0.2) is 24.5 Å². The third kappa shape index (κ3) is 1.19. The van der Waals surface area contributed by atoms with Gasteiger partial charge in [-0.25, -0.2) is 0 Å². The summed E-state index contributed by atoms with van der Waals surface area (Å²) in [6.45, 7) is 0.761. The van der Waals surface area contributed by atoms with Crippen LogP contribution in [0.4, 0.5) is 0 Å². The topological polar surface area (TPSA) is 48.4 Å². The zero-order chi connectivity index (χ0) is 10.0. The first-order valence-electron chi connectivity index (χ1n) is 4.36. The van der Waals surface area contributed by atoms with Gasteiger partial charge >= 0.3 is 5.97 Å². The van der Waals surface area contributed by atoms with E-state index in [1.807, 2.05) is 6.07 Å². The summed E-state index contributed by atoms with van der Waals surface area (Å²) in [6.07, 6.45) is 3.35. The molecular formula is C10H11NO3. The lowest BCUT2D eigenvalue weighted by Gasteiger charge is -2.38. The molecule has 0 saturated carbocycles. The molecule has 1 aliphatic rings. The van der Waals surface area contributed by atoms with E-state index < -0.39 is 5.41 Å². The summed E-state index contributed by atoms with van der Waals surface area (Å²) < 4.78 is 9.85. The van der Waals surface area contributed by atoms with Crippen LogP contribution in [-0.4, -0.2) is 31.3 Å². The fourth-order valence-electron chi connectivity index (χ4n) is 1.55. The molecule has 0 N–H and O–H groups in total. The minimum Gasteiger partial charge on any atom is -0.468 e. The summed E-state index contributed by atoms with van der Waals surface area (Å²) in [6, 6.07) is 3.67. The maximum absolute atomic E-state index is 11.6. The molecule has 1 fully saturated rings. The molecule has 1 aromatic rings. The Morgan fingerprint density at radius 3 is 2.86 bits per heavy atom. The molecule has 14 heavy (non-hydrogen) atoms. The van der Waals surface area contributed by atoms with Crippen LogP contribution in [-0.2, 0) is 19.7 Å². The van der Waals surface area contributed by atoms with Gasteiger partial charge in [-0.15, -0.1) is 0 Å². The van der Waals surface area contributed by atoms with Crippen molar-refractivity contribution >= 4 is 5.97 Å². The number of methoxy groups -OCH3 is 1. The number of pyridine rings is 1. The van der Waals surface area contributed by atoms with Gasteiger partial charge in [0.1, 0.15) is 5.41 Å². The van der Waals surface area contributed by atoms with Gasteiger partial charge in [-0.1, -0.05) is 6.07 Å². The second kappa shape index (κ2) is 3.38. The smallest absolute Gasteiger partial charge is 0.321 e. The largest absolute Gasteiger partial charge is 0.468 e. The summed E-state index contributed by atoms with van der Waals surface area (Å²) >= 11 is 0. The molecule has 0 unspecified atom stereocenters. The molecule has 0 aliphatic carbocycles. The van der Waals surface area contributed by atoms with Crippen LogP contribution in [0.3, 0.4) is 0 Å². The van der Waals surface area contributed by atoms with E-state index in [9.17, 15) is 4.79 Å². The summed E-state index contributed by atoms with van der Waals surface area (Å²) in [7, 11) is 1.39. The van der Waals surface area contributed by atoms with E-state index in [0.717, 1.165) is 5.56 Å². The molecule has 0 bridgehead atoms. The Bertz CT molecular complexity index is 332. The second-order valence-electron chi connectivity index (χ2n) is 3.31. The highest BCUT2D eigenvalue weighted by molar-refractivity contribution is 5.84. The number of aromatic nitrogens is 1. The maximum Gasteiger partial charge on any atom is 0.321 e. The van der Waals surface area contributed by atoms with E-state index >= 15 is 0 Å². The molecular weight excluding hydrogens is 182 g/mol. The number of carbonyl (C=O) groups is 1. The lowest BCUT2D eigenvalue weighted by Crippen LogP contribution is -2.53. The SMILES string of the molecule is COC(=O)C1(c2cccnc2)COC1. The van der Waals surface area contributed by atoms with Crippen LogP contribution in [0.5, 0.6) is 0 Å². The standard InChI is InChI=1S/C10H11NO3/c1-13-9(12)10(6-14-7-10)8-3-2-4-11-5-8/h2-5H,6-7H2,1H3. The summed E-state index contributed by atoms with van der Waals surface area (Å²) in [4.78, 5) is 15.6. The Kier molecular flexibility index (Phi) is 2.21. The molecule has 0 aromatic carbocycles. The van der Waals surface area contributed by atoms with Crippen LogP contribution in [0.25, 0.3) is 0 Å². The van der Waals surface area contributed by atoms with Crippen molar-refractivity contribution in [2.45, 2.75) is 5.41 Å². The van der Waals surface area contributed by atoms with Gasteiger partial charge in [0.15, 0.2) is 0 Å². The molecule has 0 amide bonds. The molecule has 74 valence electrons. The molecule has 4 nitrogen and oxygen atoms in total. The summed E-state index contributed by atoms with van der Waals surface area (Å²) in [5.41, 5.74) is 0.237. The fraction of sp³-hybridized carbons (Fsp3) is 0.400. The van der Waals surface area contributed by atoms with Crippen LogP contribution >= 0.6 is 0 Å². The highest BCUT2D eigenvalue weighted by Crippen LogP contribution is 2.32. The minimum atomic E-state index is -0.622. The average Bonchev–Trinajstić information content (AvgIpc) is 2.17. The second-order valence-corrected chi connectivity index (χ2v) is 3.31. The van der Waals surface area contributed by atoms with Crippen LogP contribution in [0.1, 0.15) is 5.56 Å². The third-order valence-electron chi connectivity index (χ3n) is 2.49. The Morgan fingerprint density at radius 2 is 2.43 bits per heavy atom. The highest BCUT2D eigenvalue weighted by Gasteiger charge is 2.48. The van der Waals surface area contributed by atoms with E-state index in [4.69, 9.17) is 9.47 Å². The molecule has 0 spiro atoms. The van der Waals surface area contributed by atoms with Crippen LogP contribution in [0.2, 0.25) is 0 Å². The van der Waals surface area contributed by atoms with Crippen molar-refractivity contribution in [1.29, 1.82) is 0 Å². The van der Waals surface area contributed by atoms with Gasteiger partial charge in [-0.3, -0.25) is 9.78 Å². The Morgan fingerprint density at radius 1 is 1.64 bits per heavy atom. The zero-order valence-electron chi connectivity index (χ0n) is 7.90. The quantitative estimate of drug-likeness (QED) is 0.642. The lowest BCUT2D eigenvalue weighted by atomic mass is 9.79. The minimum absolute atomic E-state index is 0.253. The Labute approximate surface area is 81.9 Å². The number of hydrogen-bond donors (Lipinski definition) is 0. The normalized spacial score (nSPS) is 18.4. The van der Waals surface area contributed by atoms with E-state index in [0.29, 0.717) is 13.2 Å². The number of ether oxygens (including phenoxy) is 2. The molecule has 0 radical (unpaired) electrons. The Balaban J connectivity index is 2.34. The van der Waals surface area contributed by atoms with Gasteiger partial charge in [0.25, 0.3) is 0 Å². The van der Waals surface area contributed by atoms with Gasteiger partial charge in [-0.2, -0.15) is 0 Å². The molecule has 1 saturated heterocycles. The van der Waals surface area contributed by atoms with Crippen molar-refractivity contribution < 1.29 is 14.3 Å². The number of hydrogen-bond acceptors (Lipinski definition) is 4. The highest BCUT2D eigenvalue weighted by atomic mass is 16.5. The predicted octanol–water partition coefficient (Wildman–Crippen LogP) is 0.523. The molecule has 2 rings (SSSR count). The Hall–Kier alpha value is -1.42. The van der Waals surface area contributed by atoms with Gasteiger partial charge in [0.05, 0.1) is 20.3 Å². The van der Waals surface area contributed by atoms with E-state index in [1.54, 1.807) is 18.5 Å². The lowest BCUT2D eigenvalue weighted by molar-refractivity contribution is -0.166. The van der Waals surface area contributed by atoms with Gasteiger partial charge in [0.2, 0.25) is 0 Å². The number of rotatable bonds is 2. The first-order chi connectivity index (χ1) is 6.79. The van der Waals surface area contributed by atoms with Gasteiger partial charge in [-0.05, 0) is 11.6 Å². The third-order valence-corrected chi connectivity index (χ3v) is 2.49. The van der Waals surface area contributed by atoms with Crippen molar-refractivity contribution in [2.24, 2.45) is 0 Å². The fourth-order valence-corrected chi connectivity index (χ4v) is 1.55. The molecule has 1 aliphatic heterocycles. The maximum atomic E-state index is 11.6. The monoisotopic (exact) mass is 193 g/mol. The van der Waals surface area contributed by atoms with E-state index in [1.165, 1.54) is 7.11 Å². The molecule has 4 heteroatoms. The predicted molar refractivity (Wildman–Crippen MR) is 48.8 cm³/mol. The van der Waals surface area contributed by atoms with Crippen molar-refractivity contribution in [2.75, 3.05) is 20.3 Å². The first-order valence-corrected chi connectivity index (χ1v) is 4.36. The van der Waals surface area contributed by atoms with Crippen LogP contribution < -0.4 is 0 Å².